The Bertz CT molecular complexity index is 2330. The second-order valence-electron chi connectivity index (χ2n) is 18.8. The van der Waals surface area contributed by atoms with Crippen molar-refractivity contribution >= 4 is 0 Å². The molecule has 0 amide bonds. The maximum absolute atomic E-state index is 8.63. The lowest BCUT2D eigenvalue weighted by atomic mass is 9.79. The number of hydrogen-bond donors (Lipinski definition) is 3. The van der Waals surface area contributed by atoms with Gasteiger partial charge in [0.15, 0.2) is 0 Å². The molecule has 0 aliphatic carbocycles. The van der Waals surface area contributed by atoms with E-state index < -0.39 is 0 Å². The van der Waals surface area contributed by atoms with E-state index in [0.717, 1.165) is 25.7 Å². The SMILES string of the molecule is CCc1c(C)c(C)c(-c2c(C)c(C)c(CC)c(C)c2C)c(C)c1C.CCc1c(C)c(C)c(-c2c(C)c(C)c(CC)c(C)c2C)c(C)c1C.Oc1ccccc1.Oc1ccccc1.Oc1ccccc1. The molecule has 0 aliphatic heterocycles. The van der Waals surface area contributed by atoms with Crippen LogP contribution in [0.25, 0.3) is 22.3 Å². The van der Waals surface area contributed by atoms with Crippen LogP contribution in [0, 0.1) is 111 Å². The van der Waals surface area contributed by atoms with Crippen LogP contribution in [0.2, 0.25) is 0 Å². The van der Waals surface area contributed by atoms with Gasteiger partial charge in [-0.25, -0.2) is 0 Å². The Hall–Kier alpha value is -6.06. The van der Waals surface area contributed by atoms with Crippen molar-refractivity contribution in [1.29, 1.82) is 0 Å². The van der Waals surface area contributed by atoms with Crippen molar-refractivity contribution in [2.24, 2.45) is 0 Å². The minimum Gasteiger partial charge on any atom is -0.508 e. The first-order valence-corrected chi connectivity index (χ1v) is 25.1. The third-order valence-corrected chi connectivity index (χ3v) is 15.3. The minimum atomic E-state index is 0.322. The van der Waals surface area contributed by atoms with Gasteiger partial charge < -0.3 is 15.3 Å². The molecule has 0 saturated carbocycles. The van der Waals surface area contributed by atoms with Crippen LogP contribution in [-0.2, 0) is 25.7 Å². The zero-order chi connectivity index (χ0) is 52.0. The highest BCUT2D eigenvalue weighted by Crippen LogP contribution is 2.43. The maximum atomic E-state index is 8.63. The largest absolute Gasteiger partial charge is 0.508 e. The van der Waals surface area contributed by atoms with Gasteiger partial charge in [-0.2, -0.15) is 0 Å². The highest BCUT2D eigenvalue weighted by atomic mass is 16.3. The molecule has 0 unspecified atom stereocenters. The lowest BCUT2D eigenvalue weighted by molar-refractivity contribution is 0.475. The summed E-state index contributed by atoms with van der Waals surface area (Å²) in [6.07, 6.45) is 4.46. The van der Waals surface area contributed by atoms with E-state index in [1.165, 1.54) is 134 Å². The highest BCUT2D eigenvalue weighted by Gasteiger charge is 2.23. The van der Waals surface area contributed by atoms with Gasteiger partial charge in [0.25, 0.3) is 0 Å². The first-order valence-electron chi connectivity index (χ1n) is 25.1. The van der Waals surface area contributed by atoms with E-state index in [1.54, 1.807) is 72.8 Å². The van der Waals surface area contributed by atoms with Crippen LogP contribution in [0.3, 0.4) is 0 Å². The third-order valence-electron chi connectivity index (χ3n) is 15.3. The first kappa shape index (κ1) is 57.3. The molecular formula is C66H86O3. The quantitative estimate of drug-likeness (QED) is 0.156. The van der Waals surface area contributed by atoms with Crippen LogP contribution < -0.4 is 0 Å². The van der Waals surface area contributed by atoms with Gasteiger partial charge in [0.1, 0.15) is 17.2 Å². The summed E-state index contributed by atoms with van der Waals surface area (Å²) in [7, 11) is 0. The Morgan fingerprint density at radius 1 is 0.217 bits per heavy atom. The number of benzene rings is 7. The van der Waals surface area contributed by atoms with Crippen LogP contribution in [-0.4, -0.2) is 15.3 Å². The van der Waals surface area contributed by atoms with Gasteiger partial charge in [0, 0.05) is 0 Å². The molecule has 0 heterocycles. The molecule has 3 N–H and O–H groups in total. The molecule has 0 radical (unpaired) electrons. The number of para-hydroxylation sites is 3. The summed E-state index contributed by atoms with van der Waals surface area (Å²) in [4.78, 5) is 0. The molecule has 7 rings (SSSR count). The second kappa shape index (κ2) is 26.1. The van der Waals surface area contributed by atoms with Crippen molar-refractivity contribution in [1.82, 2.24) is 0 Å². The van der Waals surface area contributed by atoms with Gasteiger partial charge in [-0.05, 0) is 306 Å². The molecule has 7 aromatic rings. The molecule has 0 aliphatic rings. The van der Waals surface area contributed by atoms with Crippen LogP contribution in [0.1, 0.15) is 139 Å². The lowest BCUT2D eigenvalue weighted by Crippen LogP contribution is -2.07. The highest BCUT2D eigenvalue weighted by molar-refractivity contribution is 5.83. The Kier molecular flexibility index (Phi) is 21.6. The lowest BCUT2D eigenvalue weighted by Gasteiger charge is -2.26. The van der Waals surface area contributed by atoms with E-state index in [-0.39, 0.29) is 0 Å². The van der Waals surface area contributed by atoms with E-state index in [1.807, 2.05) is 18.2 Å². The standard InChI is InChI=1S/2C24H34.3C6H6O/c2*1-11-21-13(3)17(7)23(18(8)14(21)4)24-19(9)15(5)22(12-2)16(6)20(24)10;3*7-6-4-2-1-3-5-6/h2*11-12H2,1-10H3;3*1-5,7H. The van der Waals surface area contributed by atoms with Crippen LogP contribution in [0.4, 0.5) is 0 Å². The summed E-state index contributed by atoms with van der Waals surface area (Å²) in [5.41, 5.74) is 35.5. The second-order valence-corrected chi connectivity index (χ2v) is 18.8. The summed E-state index contributed by atoms with van der Waals surface area (Å²) in [5, 5.41) is 25.9. The molecule has 0 aromatic heterocycles. The number of phenolic OH excluding ortho intramolecular Hbond substituents is 3. The molecule has 0 saturated heterocycles. The summed E-state index contributed by atoms with van der Waals surface area (Å²) < 4.78 is 0. The van der Waals surface area contributed by atoms with Crippen molar-refractivity contribution < 1.29 is 15.3 Å². The van der Waals surface area contributed by atoms with Crippen LogP contribution in [0.5, 0.6) is 17.2 Å². The monoisotopic (exact) mass is 927 g/mol. The van der Waals surface area contributed by atoms with Gasteiger partial charge in [-0.3, -0.25) is 0 Å². The molecule has 7 aromatic carbocycles. The Balaban J connectivity index is 0.000000257. The Morgan fingerprint density at radius 3 is 0.435 bits per heavy atom. The zero-order valence-electron chi connectivity index (χ0n) is 46.3. The molecule has 0 bridgehead atoms. The molecule has 0 atom stereocenters. The van der Waals surface area contributed by atoms with Gasteiger partial charge in [-0.15, -0.1) is 0 Å². The van der Waals surface area contributed by atoms with E-state index in [9.17, 15) is 0 Å². The topological polar surface area (TPSA) is 60.7 Å². The van der Waals surface area contributed by atoms with Gasteiger partial charge in [-0.1, -0.05) is 82.3 Å². The first-order chi connectivity index (χ1) is 32.5. The molecule has 0 fully saturated rings. The average molecular weight is 927 g/mol. The van der Waals surface area contributed by atoms with Gasteiger partial charge in [0.2, 0.25) is 0 Å². The van der Waals surface area contributed by atoms with Crippen LogP contribution in [0.15, 0.2) is 91.0 Å². The van der Waals surface area contributed by atoms with Crippen molar-refractivity contribution in [3.05, 3.63) is 202 Å². The predicted molar refractivity (Wildman–Crippen MR) is 301 cm³/mol. The van der Waals surface area contributed by atoms with Gasteiger partial charge in [0.05, 0.1) is 0 Å². The van der Waals surface area contributed by atoms with Gasteiger partial charge >= 0.3 is 0 Å². The smallest absolute Gasteiger partial charge is 0.115 e. The Morgan fingerprint density at radius 2 is 0.348 bits per heavy atom. The summed E-state index contributed by atoms with van der Waals surface area (Å²) in [6, 6.07) is 26.1. The van der Waals surface area contributed by atoms with Crippen LogP contribution >= 0.6 is 0 Å². The van der Waals surface area contributed by atoms with Crippen molar-refractivity contribution in [2.75, 3.05) is 0 Å². The third kappa shape index (κ3) is 13.2. The molecular weight excluding hydrogens is 841 g/mol. The fraction of sp³-hybridized carbons (Fsp3) is 0.364. The van der Waals surface area contributed by atoms with E-state index in [4.69, 9.17) is 15.3 Å². The number of aromatic hydroxyl groups is 3. The van der Waals surface area contributed by atoms with Crippen molar-refractivity contribution in [3.8, 4) is 39.5 Å². The number of rotatable bonds is 6. The number of phenols is 3. The molecule has 0 spiro atoms. The van der Waals surface area contributed by atoms with E-state index in [0.29, 0.717) is 17.2 Å². The van der Waals surface area contributed by atoms with E-state index >= 15 is 0 Å². The minimum absolute atomic E-state index is 0.322. The average Bonchev–Trinajstić information content (AvgIpc) is 3.33. The normalized spacial score (nSPS) is 10.4. The molecule has 3 nitrogen and oxygen atoms in total. The van der Waals surface area contributed by atoms with Crippen molar-refractivity contribution in [2.45, 2.75) is 164 Å². The maximum Gasteiger partial charge on any atom is 0.115 e. The summed E-state index contributed by atoms with van der Waals surface area (Å²) in [5.74, 6) is 0.965. The molecule has 69 heavy (non-hydrogen) atoms. The van der Waals surface area contributed by atoms with Crippen molar-refractivity contribution in [3.63, 3.8) is 0 Å². The fourth-order valence-corrected chi connectivity index (χ4v) is 10.5. The predicted octanol–water partition coefficient (Wildman–Crippen LogP) is 18.1. The number of hydrogen-bond acceptors (Lipinski definition) is 3. The summed E-state index contributed by atoms with van der Waals surface area (Å²) >= 11 is 0. The Labute approximate surface area is 419 Å². The molecule has 368 valence electrons. The fourth-order valence-electron chi connectivity index (χ4n) is 10.5. The summed E-state index contributed by atoms with van der Waals surface area (Å²) in [6.45, 7) is 46.0. The molecule has 3 heteroatoms. The zero-order valence-corrected chi connectivity index (χ0v) is 46.3. The van der Waals surface area contributed by atoms with E-state index in [2.05, 4.69) is 138 Å².